The van der Waals surface area contributed by atoms with E-state index in [2.05, 4.69) is 209 Å². The van der Waals surface area contributed by atoms with E-state index in [-0.39, 0.29) is 21.7 Å². The van der Waals surface area contributed by atoms with Crippen molar-refractivity contribution in [2.24, 2.45) is 7.05 Å². The lowest BCUT2D eigenvalue weighted by molar-refractivity contribution is -0.649. The fourth-order valence-electron chi connectivity index (χ4n) is 10.3. The van der Waals surface area contributed by atoms with E-state index in [1.807, 2.05) is 29.1 Å². The quantitative estimate of drug-likeness (QED) is 0.131. The van der Waals surface area contributed by atoms with Gasteiger partial charge in [-0.3, -0.25) is 0 Å². The highest BCUT2D eigenvalue weighted by Crippen LogP contribution is 2.65. The highest BCUT2D eigenvalue weighted by molar-refractivity contribution is 5.97. The van der Waals surface area contributed by atoms with Gasteiger partial charge in [-0.2, -0.15) is 5.10 Å². The average molecular weight is 829 g/mol. The lowest BCUT2D eigenvalue weighted by Gasteiger charge is -2.45. The fraction of sp³-hybridized carbons (Fsp3) is 0.310. The number of imidazole rings is 1. The van der Waals surface area contributed by atoms with Gasteiger partial charge in [0.2, 0.25) is 6.33 Å². The second-order valence-electron chi connectivity index (χ2n) is 22.1. The van der Waals surface area contributed by atoms with Crippen molar-refractivity contribution >= 4 is 11.0 Å². The van der Waals surface area contributed by atoms with E-state index in [4.69, 9.17) is 9.84 Å². The van der Waals surface area contributed by atoms with Crippen molar-refractivity contribution in [1.82, 2.24) is 14.3 Å². The van der Waals surface area contributed by atoms with E-state index in [1.54, 1.807) is 0 Å². The van der Waals surface area contributed by atoms with Crippen LogP contribution in [0.5, 0.6) is 11.5 Å². The predicted molar refractivity (Wildman–Crippen MR) is 258 cm³/mol. The molecule has 0 atom stereocenters. The molecule has 0 radical (unpaired) electrons. The monoisotopic (exact) mass is 828 g/mol. The molecule has 0 bridgehead atoms. The summed E-state index contributed by atoms with van der Waals surface area (Å²) in [5.74, 6) is 1.51. The molecule has 1 aliphatic heterocycles. The van der Waals surface area contributed by atoms with Gasteiger partial charge in [-0.1, -0.05) is 168 Å². The van der Waals surface area contributed by atoms with Crippen LogP contribution >= 0.6 is 0 Å². The van der Waals surface area contributed by atoms with Crippen LogP contribution in [0.15, 0.2) is 128 Å². The molecule has 0 unspecified atom stereocenters. The smallest absolute Gasteiger partial charge is 0.244 e. The molecule has 2 aromatic heterocycles. The Morgan fingerprint density at radius 2 is 1.17 bits per heavy atom. The number of ether oxygens (including phenoxy) is 1. The summed E-state index contributed by atoms with van der Waals surface area (Å²) in [6.07, 6.45) is 7.74. The Hall–Kier alpha value is -6.20. The first-order valence-electron chi connectivity index (χ1n) is 22.5. The standard InChI is InChI=1S/C58H60N4O/c1-54(2,3)38-27-43-44-28-39(55(4,5)6)30-48(57(10,11)12)52(44)58(51(43)47(29-38)56(7,8)9)45-26-25-42(32-50(45)61-35-60(13)49-24-18-23-46(58)53(49)61)63-41-22-17-21-40(31-41)62-34-37(33-59-62)36-19-15-14-16-20-36/h14-34H,1-13H3. The zero-order valence-electron chi connectivity index (χ0n) is 39.3. The highest BCUT2D eigenvalue weighted by Gasteiger charge is 2.54. The molecule has 3 heterocycles. The van der Waals surface area contributed by atoms with Crippen molar-refractivity contribution in [3.63, 3.8) is 0 Å². The molecule has 0 N–H and O–H groups in total. The van der Waals surface area contributed by atoms with Crippen molar-refractivity contribution in [3.8, 4) is 45.1 Å². The molecule has 1 aliphatic carbocycles. The normalized spacial score (nSPS) is 14.2. The Morgan fingerprint density at radius 1 is 0.571 bits per heavy atom. The first-order chi connectivity index (χ1) is 29.7. The summed E-state index contributed by atoms with van der Waals surface area (Å²) in [7, 11) is 2.12. The Balaban J connectivity index is 1.26. The van der Waals surface area contributed by atoms with Crippen LogP contribution in [-0.2, 0) is 34.1 Å². The van der Waals surface area contributed by atoms with Gasteiger partial charge >= 0.3 is 0 Å². The van der Waals surface area contributed by atoms with E-state index < -0.39 is 5.41 Å². The zero-order valence-corrected chi connectivity index (χ0v) is 39.3. The second-order valence-corrected chi connectivity index (χ2v) is 22.1. The van der Waals surface area contributed by atoms with Gasteiger partial charge in [-0.25, -0.2) is 4.68 Å². The second kappa shape index (κ2) is 13.6. The molecule has 6 aromatic carbocycles. The van der Waals surface area contributed by atoms with Gasteiger partial charge in [-0.15, -0.1) is 0 Å². The number of nitrogens with zero attached hydrogens (tertiary/aromatic N) is 4. The Bertz CT molecular complexity index is 3050. The number of rotatable bonds is 4. The maximum absolute atomic E-state index is 6.87. The maximum Gasteiger partial charge on any atom is 0.244 e. The van der Waals surface area contributed by atoms with E-state index in [0.29, 0.717) is 0 Å². The minimum atomic E-state index is -0.637. The van der Waals surface area contributed by atoms with Gasteiger partial charge in [0.25, 0.3) is 0 Å². The molecule has 2 aliphatic rings. The summed E-state index contributed by atoms with van der Waals surface area (Å²) in [4.78, 5) is 0. The van der Waals surface area contributed by atoms with Crippen molar-refractivity contribution < 1.29 is 9.30 Å². The van der Waals surface area contributed by atoms with Gasteiger partial charge in [0.05, 0.1) is 41.1 Å². The Kier molecular flexibility index (Phi) is 8.85. The third-order valence-corrected chi connectivity index (χ3v) is 13.5. The van der Waals surface area contributed by atoms with Crippen LogP contribution in [0.2, 0.25) is 0 Å². The molecule has 0 saturated carbocycles. The van der Waals surface area contributed by atoms with Gasteiger partial charge in [-0.05, 0) is 107 Å². The molecule has 5 heteroatoms. The molecular weight excluding hydrogens is 769 g/mol. The molecular formula is C58H60N4O. The summed E-state index contributed by atoms with van der Waals surface area (Å²) < 4.78 is 13.2. The largest absolute Gasteiger partial charge is 0.458 e. The van der Waals surface area contributed by atoms with Crippen LogP contribution in [-0.4, -0.2) is 14.3 Å². The Labute approximate surface area is 374 Å². The topological polar surface area (TPSA) is 35.9 Å². The molecule has 10 rings (SSSR count). The number of hydrogen-bond donors (Lipinski definition) is 0. The number of benzene rings is 6. The summed E-state index contributed by atoms with van der Waals surface area (Å²) in [5, 5.41) is 4.73. The number of para-hydroxylation sites is 1. The first-order valence-corrected chi connectivity index (χ1v) is 22.5. The Morgan fingerprint density at radius 3 is 1.78 bits per heavy atom. The lowest BCUT2D eigenvalue weighted by Crippen LogP contribution is -2.38. The number of aryl methyl sites for hydroxylation is 1. The van der Waals surface area contributed by atoms with Crippen LogP contribution in [0.25, 0.3) is 44.7 Å². The van der Waals surface area contributed by atoms with Crippen molar-refractivity contribution in [2.75, 3.05) is 0 Å². The van der Waals surface area contributed by atoms with Crippen LogP contribution in [0.3, 0.4) is 0 Å². The molecule has 1 spiro atoms. The number of aromatic nitrogens is 4. The SMILES string of the molecule is C[n+]1[c-]n2c3c(cccc31)C1(c3ccc(Oc4cccc(-n5cc(-c6ccccc6)cn5)c4)cc3-2)c2c(cc(C(C)(C)C)cc2C(C)(C)C)-c2cc(C(C)(C)C)cc(C(C)(C)C)c21. The molecule has 5 nitrogen and oxygen atoms in total. The van der Waals surface area contributed by atoms with Gasteiger partial charge < -0.3 is 13.9 Å². The molecule has 8 aromatic rings. The van der Waals surface area contributed by atoms with Crippen LogP contribution in [0.4, 0.5) is 0 Å². The summed E-state index contributed by atoms with van der Waals surface area (Å²) in [6, 6.07) is 42.4. The van der Waals surface area contributed by atoms with Gasteiger partial charge in [0.15, 0.2) is 0 Å². The molecule has 0 amide bonds. The summed E-state index contributed by atoms with van der Waals surface area (Å²) in [5.41, 5.74) is 19.0. The van der Waals surface area contributed by atoms with Crippen LogP contribution < -0.4 is 9.30 Å². The molecule has 318 valence electrons. The van der Waals surface area contributed by atoms with E-state index in [9.17, 15) is 0 Å². The third-order valence-electron chi connectivity index (χ3n) is 13.5. The van der Waals surface area contributed by atoms with Crippen molar-refractivity contribution in [2.45, 2.75) is 110 Å². The summed E-state index contributed by atoms with van der Waals surface area (Å²) in [6.45, 7) is 28.5. The zero-order chi connectivity index (χ0) is 44.6. The van der Waals surface area contributed by atoms with E-state index >= 15 is 0 Å². The average Bonchev–Trinajstić information content (AvgIpc) is 3.93. The van der Waals surface area contributed by atoms with Gasteiger partial charge in [0, 0.05) is 17.8 Å². The van der Waals surface area contributed by atoms with Crippen molar-refractivity contribution in [1.29, 1.82) is 0 Å². The molecule has 63 heavy (non-hydrogen) atoms. The molecule has 0 saturated heterocycles. The first kappa shape index (κ1) is 40.8. The summed E-state index contributed by atoms with van der Waals surface area (Å²) >= 11 is 0. The van der Waals surface area contributed by atoms with E-state index in [1.165, 1.54) is 61.2 Å². The number of hydrogen-bond acceptors (Lipinski definition) is 2. The van der Waals surface area contributed by atoms with Gasteiger partial charge in [0.1, 0.15) is 11.5 Å². The molecule has 0 fully saturated rings. The highest BCUT2D eigenvalue weighted by atomic mass is 16.5. The minimum absolute atomic E-state index is 0.0491. The predicted octanol–water partition coefficient (Wildman–Crippen LogP) is 13.8. The third kappa shape index (κ3) is 6.32. The fourth-order valence-corrected chi connectivity index (χ4v) is 10.3. The van der Waals surface area contributed by atoms with Crippen LogP contribution in [0.1, 0.15) is 128 Å². The lowest BCUT2D eigenvalue weighted by atomic mass is 9.60. The minimum Gasteiger partial charge on any atom is -0.458 e. The maximum atomic E-state index is 6.87. The van der Waals surface area contributed by atoms with E-state index in [0.717, 1.165) is 39.5 Å². The number of fused-ring (bicyclic) bond motifs is 9. The van der Waals surface area contributed by atoms with Crippen LogP contribution in [0, 0.1) is 6.33 Å². The van der Waals surface area contributed by atoms with Crippen molar-refractivity contribution in [3.05, 3.63) is 178 Å².